The van der Waals surface area contributed by atoms with Gasteiger partial charge in [0.05, 0.1) is 10.6 Å². The molecule has 0 unspecified atom stereocenters. The van der Waals surface area contributed by atoms with E-state index in [1.807, 2.05) is 12.1 Å². The van der Waals surface area contributed by atoms with Crippen molar-refractivity contribution in [3.05, 3.63) is 58.6 Å². The number of sulfonamides is 2. The van der Waals surface area contributed by atoms with Crippen molar-refractivity contribution in [2.45, 2.75) is 36.3 Å². The second kappa shape index (κ2) is 10.4. The number of hydrogen-bond acceptors (Lipinski definition) is 5. The van der Waals surface area contributed by atoms with Gasteiger partial charge in [-0.25, -0.2) is 21.1 Å². The zero-order chi connectivity index (χ0) is 24.3. The van der Waals surface area contributed by atoms with Gasteiger partial charge in [0.25, 0.3) is 0 Å². The normalized spacial score (nSPS) is 18.7. The molecule has 34 heavy (non-hydrogen) atoms. The Kier molecular flexibility index (Phi) is 7.78. The maximum atomic E-state index is 12.8. The fourth-order valence-electron chi connectivity index (χ4n) is 4.31. The third-order valence-electron chi connectivity index (χ3n) is 6.31. The molecule has 2 fully saturated rings. The number of rotatable bonds is 7. The summed E-state index contributed by atoms with van der Waals surface area (Å²) in [6, 6.07) is 13.4. The van der Waals surface area contributed by atoms with Crippen LogP contribution in [0.2, 0.25) is 0 Å². The smallest absolute Gasteiger partial charge is 0.243 e. The molecule has 0 aliphatic carbocycles. The van der Waals surface area contributed by atoms with Gasteiger partial charge in [0.1, 0.15) is 0 Å². The van der Waals surface area contributed by atoms with Crippen LogP contribution in [0.5, 0.6) is 0 Å². The lowest BCUT2D eigenvalue weighted by Crippen LogP contribution is -2.41. The second-order valence-electron chi connectivity index (χ2n) is 8.68. The number of nitrogens with zero attached hydrogens (tertiary/aromatic N) is 2. The van der Waals surface area contributed by atoms with E-state index in [0.29, 0.717) is 44.7 Å². The molecule has 0 saturated carbocycles. The SMILES string of the molecule is O=C(Nc1ccc(S(=O)(=O)N2CCCC2)cc1)C1CCN(S(=O)(=O)Cc2ccc(Br)cc2)CC1. The summed E-state index contributed by atoms with van der Waals surface area (Å²) in [4.78, 5) is 12.9. The molecule has 1 amide bonds. The van der Waals surface area contributed by atoms with Crippen molar-refractivity contribution < 1.29 is 21.6 Å². The summed E-state index contributed by atoms with van der Waals surface area (Å²) in [6.45, 7) is 1.67. The lowest BCUT2D eigenvalue weighted by Gasteiger charge is -2.30. The van der Waals surface area contributed by atoms with E-state index in [2.05, 4.69) is 21.2 Å². The first kappa shape index (κ1) is 25.3. The van der Waals surface area contributed by atoms with Gasteiger partial charge in [0.2, 0.25) is 26.0 Å². The molecule has 2 aliphatic heterocycles. The molecule has 0 atom stereocenters. The molecular weight excluding hydrogens is 542 g/mol. The predicted molar refractivity (Wildman–Crippen MR) is 134 cm³/mol. The minimum atomic E-state index is -3.49. The number of carbonyl (C=O) groups is 1. The summed E-state index contributed by atoms with van der Waals surface area (Å²) in [5, 5.41) is 2.84. The zero-order valence-corrected chi connectivity index (χ0v) is 21.9. The molecule has 2 saturated heterocycles. The Balaban J connectivity index is 1.31. The number of carbonyl (C=O) groups excluding carboxylic acids is 1. The topological polar surface area (TPSA) is 104 Å². The molecule has 4 rings (SSSR count). The third kappa shape index (κ3) is 5.88. The minimum Gasteiger partial charge on any atom is -0.326 e. The molecule has 2 heterocycles. The average Bonchev–Trinajstić information content (AvgIpc) is 3.37. The lowest BCUT2D eigenvalue weighted by atomic mass is 9.97. The van der Waals surface area contributed by atoms with Crippen molar-refractivity contribution in [3.63, 3.8) is 0 Å². The highest BCUT2D eigenvalue weighted by molar-refractivity contribution is 9.10. The Hall–Kier alpha value is -1.79. The maximum absolute atomic E-state index is 12.8. The highest BCUT2D eigenvalue weighted by Crippen LogP contribution is 2.25. The van der Waals surface area contributed by atoms with Crippen LogP contribution in [-0.4, -0.2) is 57.5 Å². The molecule has 0 spiro atoms. The highest BCUT2D eigenvalue weighted by atomic mass is 79.9. The number of benzene rings is 2. The number of piperidine rings is 1. The Morgan fingerprint density at radius 2 is 1.44 bits per heavy atom. The minimum absolute atomic E-state index is 0.0656. The van der Waals surface area contributed by atoms with Crippen LogP contribution in [-0.2, 0) is 30.6 Å². The first-order valence-electron chi connectivity index (χ1n) is 11.3. The van der Waals surface area contributed by atoms with Crippen LogP contribution in [0.15, 0.2) is 57.9 Å². The fourth-order valence-corrected chi connectivity index (χ4v) is 7.66. The Morgan fingerprint density at radius 1 is 0.853 bits per heavy atom. The van der Waals surface area contributed by atoms with Crippen LogP contribution < -0.4 is 5.32 Å². The predicted octanol–water partition coefficient (Wildman–Crippen LogP) is 3.41. The third-order valence-corrected chi connectivity index (χ3v) is 10.6. The van der Waals surface area contributed by atoms with E-state index < -0.39 is 20.0 Å². The summed E-state index contributed by atoms with van der Waals surface area (Å²) < 4.78 is 54.7. The Morgan fingerprint density at radius 3 is 2.03 bits per heavy atom. The van der Waals surface area contributed by atoms with Gasteiger partial charge in [-0.05, 0) is 67.6 Å². The molecule has 8 nitrogen and oxygen atoms in total. The number of hydrogen-bond donors (Lipinski definition) is 1. The van der Waals surface area contributed by atoms with Gasteiger partial charge in [0.15, 0.2) is 0 Å². The van der Waals surface area contributed by atoms with Crippen LogP contribution in [0.3, 0.4) is 0 Å². The van der Waals surface area contributed by atoms with Gasteiger partial charge >= 0.3 is 0 Å². The Bertz CT molecular complexity index is 1220. The quantitative estimate of drug-likeness (QED) is 0.550. The Labute approximate surface area is 209 Å². The molecule has 2 aromatic carbocycles. The van der Waals surface area contributed by atoms with Gasteiger partial charge in [-0.1, -0.05) is 28.1 Å². The lowest BCUT2D eigenvalue weighted by molar-refractivity contribution is -0.120. The van der Waals surface area contributed by atoms with E-state index in [-0.39, 0.29) is 22.5 Å². The van der Waals surface area contributed by atoms with E-state index >= 15 is 0 Å². The molecule has 1 N–H and O–H groups in total. The van der Waals surface area contributed by atoms with E-state index in [0.717, 1.165) is 22.9 Å². The average molecular weight is 571 g/mol. The van der Waals surface area contributed by atoms with Crippen molar-refractivity contribution in [1.82, 2.24) is 8.61 Å². The van der Waals surface area contributed by atoms with Gasteiger partial charge in [-0.2, -0.15) is 4.31 Å². The first-order chi connectivity index (χ1) is 16.1. The van der Waals surface area contributed by atoms with Crippen molar-refractivity contribution in [3.8, 4) is 0 Å². The van der Waals surface area contributed by atoms with Crippen molar-refractivity contribution in [2.75, 3.05) is 31.5 Å². The summed E-state index contributed by atoms with van der Waals surface area (Å²) in [5.41, 5.74) is 1.24. The van der Waals surface area contributed by atoms with E-state index in [1.54, 1.807) is 24.3 Å². The summed E-state index contributed by atoms with van der Waals surface area (Å²) >= 11 is 3.34. The molecule has 0 aromatic heterocycles. The van der Waals surface area contributed by atoms with Crippen LogP contribution in [0.4, 0.5) is 5.69 Å². The van der Waals surface area contributed by atoms with Crippen LogP contribution in [0, 0.1) is 5.92 Å². The van der Waals surface area contributed by atoms with Crippen molar-refractivity contribution in [2.24, 2.45) is 5.92 Å². The van der Waals surface area contributed by atoms with Gasteiger partial charge in [-0.3, -0.25) is 4.79 Å². The van der Waals surface area contributed by atoms with Crippen LogP contribution in [0.1, 0.15) is 31.2 Å². The molecule has 184 valence electrons. The molecule has 0 bridgehead atoms. The molecule has 0 radical (unpaired) electrons. The van der Waals surface area contributed by atoms with E-state index in [4.69, 9.17) is 0 Å². The standard InChI is InChI=1S/C23H28BrN3O5S2/c24-20-5-3-18(4-6-20)17-33(29,30)26-15-11-19(12-16-26)23(28)25-21-7-9-22(10-8-21)34(31,32)27-13-1-2-14-27/h3-10,19H,1-2,11-17H2,(H,25,28). The summed E-state index contributed by atoms with van der Waals surface area (Å²) in [7, 11) is -6.95. The second-order valence-corrected chi connectivity index (χ2v) is 13.5. The van der Waals surface area contributed by atoms with Gasteiger partial charge < -0.3 is 5.32 Å². The number of amides is 1. The number of halogens is 1. The highest BCUT2D eigenvalue weighted by Gasteiger charge is 2.31. The monoisotopic (exact) mass is 569 g/mol. The molecular formula is C23H28BrN3O5S2. The van der Waals surface area contributed by atoms with E-state index in [1.165, 1.54) is 20.7 Å². The van der Waals surface area contributed by atoms with E-state index in [9.17, 15) is 21.6 Å². The van der Waals surface area contributed by atoms with Crippen molar-refractivity contribution in [1.29, 1.82) is 0 Å². The number of anilines is 1. The van der Waals surface area contributed by atoms with Gasteiger partial charge in [-0.15, -0.1) is 0 Å². The molecule has 2 aliphatic rings. The largest absolute Gasteiger partial charge is 0.326 e. The van der Waals surface area contributed by atoms with Gasteiger partial charge in [0, 0.05) is 42.3 Å². The molecule has 11 heteroatoms. The number of nitrogens with one attached hydrogen (secondary N) is 1. The summed E-state index contributed by atoms with van der Waals surface area (Å²) in [6.07, 6.45) is 2.62. The first-order valence-corrected chi connectivity index (χ1v) is 15.1. The fraction of sp³-hybridized carbons (Fsp3) is 0.435. The maximum Gasteiger partial charge on any atom is 0.243 e. The van der Waals surface area contributed by atoms with Crippen LogP contribution >= 0.6 is 15.9 Å². The molecule has 2 aromatic rings. The summed E-state index contributed by atoms with van der Waals surface area (Å²) in [5.74, 6) is -0.545. The van der Waals surface area contributed by atoms with Crippen molar-refractivity contribution >= 4 is 47.6 Å². The zero-order valence-electron chi connectivity index (χ0n) is 18.7. The van der Waals surface area contributed by atoms with Crippen LogP contribution in [0.25, 0.3) is 0 Å².